The SMILES string of the molecule is CC1=NN2C(=O)C=C(c3ccc(C(F)(F)F)cc3)NC2C=C(c2ccc(F)cc2F)C=C1. The van der Waals surface area contributed by atoms with Crippen LogP contribution in [-0.4, -0.2) is 22.8 Å². The van der Waals surface area contributed by atoms with Crippen LogP contribution in [-0.2, 0) is 11.0 Å². The lowest BCUT2D eigenvalue weighted by molar-refractivity contribution is -0.137. The number of fused-ring (bicyclic) bond motifs is 1. The Kier molecular flexibility index (Phi) is 5.41. The number of nitrogens with one attached hydrogen (secondary N) is 1. The summed E-state index contributed by atoms with van der Waals surface area (Å²) in [5, 5.41) is 8.43. The van der Waals surface area contributed by atoms with Crippen LogP contribution in [0, 0.1) is 11.6 Å². The van der Waals surface area contributed by atoms with Crippen molar-refractivity contribution >= 4 is 22.9 Å². The molecule has 0 radical (unpaired) electrons. The first-order chi connectivity index (χ1) is 15.1. The summed E-state index contributed by atoms with van der Waals surface area (Å²) in [7, 11) is 0. The van der Waals surface area contributed by atoms with E-state index in [2.05, 4.69) is 10.4 Å². The summed E-state index contributed by atoms with van der Waals surface area (Å²) in [4.78, 5) is 12.7. The Morgan fingerprint density at radius 1 is 1.03 bits per heavy atom. The van der Waals surface area contributed by atoms with Gasteiger partial charge >= 0.3 is 6.18 Å². The number of amides is 1. The highest BCUT2D eigenvalue weighted by Crippen LogP contribution is 2.31. The summed E-state index contributed by atoms with van der Waals surface area (Å²) in [6, 6.07) is 7.53. The van der Waals surface area contributed by atoms with Crippen LogP contribution in [0.3, 0.4) is 0 Å². The number of alkyl halides is 3. The third-order valence-electron chi connectivity index (χ3n) is 4.93. The van der Waals surface area contributed by atoms with Crippen LogP contribution in [0.5, 0.6) is 0 Å². The van der Waals surface area contributed by atoms with Gasteiger partial charge in [0.25, 0.3) is 5.91 Å². The van der Waals surface area contributed by atoms with E-state index in [4.69, 9.17) is 0 Å². The highest BCUT2D eigenvalue weighted by atomic mass is 19.4. The zero-order valence-corrected chi connectivity index (χ0v) is 16.6. The van der Waals surface area contributed by atoms with Crippen molar-refractivity contribution in [3.05, 3.63) is 95.1 Å². The number of hydrogen-bond acceptors (Lipinski definition) is 3. The number of carbonyl (C=O) groups excluding carboxylic acids is 1. The van der Waals surface area contributed by atoms with Crippen molar-refractivity contribution in [3.63, 3.8) is 0 Å². The van der Waals surface area contributed by atoms with Crippen LogP contribution >= 0.6 is 0 Å². The molecule has 2 aliphatic heterocycles. The fourth-order valence-electron chi connectivity index (χ4n) is 3.36. The van der Waals surface area contributed by atoms with Gasteiger partial charge in [-0.2, -0.15) is 18.3 Å². The number of hydrazone groups is 1. The molecule has 0 saturated heterocycles. The maximum atomic E-state index is 14.4. The second-order valence-corrected chi connectivity index (χ2v) is 7.23. The first-order valence-corrected chi connectivity index (χ1v) is 9.51. The van der Waals surface area contributed by atoms with E-state index in [9.17, 15) is 26.7 Å². The molecule has 1 N–H and O–H groups in total. The Labute approximate surface area is 180 Å². The van der Waals surface area contributed by atoms with Gasteiger partial charge in [-0.1, -0.05) is 18.2 Å². The van der Waals surface area contributed by atoms with E-state index in [0.717, 1.165) is 29.3 Å². The van der Waals surface area contributed by atoms with E-state index >= 15 is 0 Å². The first kappa shape index (κ1) is 21.5. The molecule has 0 fully saturated rings. The summed E-state index contributed by atoms with van der Waals surface area (Å²) in [5.74, 6) is -2.00. The number of allylic oxidation sites excluding steroid dienone is 3. The molecule has 2 aromatic carbocycles. The molecule has 0 aliphatic carbocycles. The molecule has 0 saturated carbocycles. The maximum absolute atomic E-state index is 14.4. The zero-order valence-electron chi connectivity index (χ0n) is 16.6. The topological polar surface area (TPSA) is 44.7 Å². The van der Waals surface area contributed by atoms with Crippen molar-refractivity contribution < 1.29 is 26.7 Å². The fourth-order valence-corrected chi connectivity index (χ4v) is 3.36. The number of rotatable bonds is 2. The largest absolute Gasteiger partial charge is 0.416 e. The van der Waals surface area contributed by atoms with E-state index in [1.54, 1.807) is 19.1 Å². The minimum atomic E-state index is -4.48. The summed E-state index contributed by atoms with van der Waals surface area (Å²) in [6.45, 7) is 1.65. The zero-order chi connectivity index (χ0) is 23.0. The molecule has 1 amide bonds. The molecule has 164 valence electrons. The molecule has 1 atom stereocenters. The van der Waals surface area contributed by atoms with Crippen LogP contribution in [0.2, 0.25) is 0 Å². The standard InChI is InChI=1S/C23H16F5N3O/c1-13-2-3-15(18-9-8-17(24)11-19(18)25)10-21-29-20(12-22(32)31(21)30-13)14-4-6-16(7-5-14)23(26,27)28/h2-12,21,29H,1H3. The lowest BCUT2D eigenvalue weighted by atomic mass is 10.0. The fraction of sp³-hybridized carbons (Fsp3) is 0.130. The van der Waals surface area contributed by atoms with Gasteiger partial charge in [0.05, 0.1) is 11.3 Å². The first-order valence-electron chi connectivity index (χ1n) is 9.51. The molecule has 9 heteroatoms. The van der Waals surface area contributed by atoms with Gasteiger partial charge in [0, 0.05) is 23.4 Å². The molecule has 4 rings (SSSR count). The molecule has 2 heterocycles. The minimum Gasteiger partial charge on any atom is -0.360 e. The smallest absolute Gasteiger partial charge is 0.360 e. The Morgan fingerprint density at radius 2 is 1.75 bits per heavy atom. The molecular formula is C23H16F5N3O. The van der Waals surface area contributed by atoms with Crippen LogP contribution < -0.4 is 5.32 Å². The Balaban J connectivity index is 1.73. The van der Waals surface area contributed by atoms with Gasteiger partial charge < -0.3 is 5.32 Å². The predicted molar refractivity (Wildman–Crippen MR) is 110 cm³/mol. The average Bonchev–Trinajstić information content (AvgIpc) is 2.71. The number of hydrogen-bond donors (Lipinski definition) is 1. The maximum Gasteiger partial charge on any atom is 0.416 e. The summed E-state index contributed by atoms with van der Waals surface area (Å²) in [6.07, 6.45) is 0.616. The van der Waals surface area contributed by atoms with Crippen molar-refractivity contribution in [1.29, 1.82) is 0 Å². The van der Waals surface area contributed by atoms with E-state index in [0.29, 0.717) is 16.8 Å². The number of carbonyl (C=O) groups is 1. The summed E-state index contributed by atoms with van der Waals surface area (Å²) in [5.41, 5.74) is 0.809. The van der Waals surface area contributed by atoms with E-state index in [-0.39, 0.29) is 11.3 Å². The van der Waals surface area contributed by atoms with E-state index in [1.807, 2.05) is 0 Å². The Hall–Kier alpha value is -3.75. The van der Waals surface area contributed by atoms with Crippen LogP contribution in [0.15, 0.2) is 71.9 Å². The molecule has 0 bridgehead atoms. The number of benzene rings is 2. The van der Waals surface area contributed by atoms with Crippen LogP contribution in [0.1, 0.15) is 23.6 Å². The van der Waals surface area contributed by atoms with Gasteiger partial charge in [-0.3, -0.25) is 4.79 Å². The Morgan fingerprint density at radius 3 is 2.41 bits per heavy atom. The number of nitrogens with zero attached hydrogens (tertiary/aromatic N) is 2. The van der Waals surface area contributed by atoms with E-state index in [1.165, 1.54) is 30.4 Å². The van der Waals surface area contributed by atoms with Gasteiger partial charge in [-0.05, 0) is 54.5 Å². The Bertz CT molecular complexity index is 1190. The van der Waals surface area contributed by atoms with Crippen molar-refractivity contribution in [2.45, 2.75) is 19.3 Å². The third-order valence-corrected chi connectivity index (χ3v) is 4.93. The van der Waals surface area contributed by atoms with Crippen molar-refractivity contribution in [3.8, 4) is 0 Å². The van der Waals surface area contributed by atoms with E-state index < -0.39 is 35.4 Å². The quantitative estimate of drug-likeness (QED) is 0.653. The molecule has 32 heavy (non-hydrogen) atoms. The molecular weight excluding hydrogens is 429 g/mol. The minimum absolute atomic E-state index is 0.122. The second-order valence-electron chi connectivity index (χ2n) is 7.23. The number of halogens is 5. The molecule has 2 aromatic rings. The van der Waals surface area contributed by atoms with Gasteiger partial charge in [0.2, 0.25) is 0 Å². The van der Waals surface area contributed by atoms with Crippen molar-refractivity contribution in [2.24, 2.45) is 5.10 Å². The normalized spacial score (nSPS) is 18.7. The van der Waals surface area contributed by atoms with Gasteiger partial charge in [0.15, 0.2) is 0 Å². The molecule has 2 aliphatic rings. The second kappa shape index (κ2) is 8.07. The monoisotopic (exact) mass is 445 g/mol. The molecule has 0 aromatic heterocycles. The van der Waals surface area contributed by atoms with Gasteiger partial charge in [-0.15, -0.1) is 0 Å². The summed E-state index contributed by atoms with van der Waals surface area (Å²) >= 11 is 0. The van der Waals surface area contributed by atoms with Crippen molar-refractivity contribution in [2.75, 3.05) is 0 Å². The lowest BCUT2D eigenvalue weighted by Crippen LogP contribution is -2.48. The predicted octanol–water partition coefficient (Wildman–Crippen LogP) is 5.11. The summed E-state index contributed by atoms with van der Waals surface area (Å²) < 4.78 is 66.3. The van der Waals surface area contributed by atoms with Gasteiger partial charge in [0.1, 0.15) is 17.8 Å². The average molecular weight is 445 g/mol. The van der Waals surface area contributed by atoms with Crippen molar-refractivity contribution in [1.82, 2.24) is 10.3 Å². The van der Waals surface area contributed by atoms with Crippen LogP contribution in [0.25, 0.3) is 11.3 Å². The van der Waals surface area contributed by atoms with Crippen LogP contribution in [0.4, 0.5) is 22.0 Å². The molecule has 1 unspecified atom stereocenters. The lowest BCUT2D eigenvalue weighted by Gasteiger charge is -2.33. The third kappa shape index (κ3) is 4.32. The highest BCUT2D eigenvalue weighted by Gasteiger charge is 2.31. The highest BCUT2D eigenvalue weighted by molar-refractivity contribution is 6.01. The van der Waals surface area contributed by atoms with Gasteiger partial charge in [-0.25, -0.2) is 13.8 Å². The molecule has 0 spiro atoms. The molecule has 4 nitrogen and oxygen atoms in total.